The standard InChI is InChI=1S/C21H16ClFO6/c1-27-19-10-18-14(7-16(19)22)13(9-20(25)29-18)15(21(26)28-2)8-17(24)11-3-5-12(23)6-4-11/h3-7,9-10,15H,8H2,1-2H3/t15-/m1/s1. The minimum absolute atomic E-state index is 0.150. The molecule has 0 aliphatic carbocycles. The Bertz CT molecular complexity index is 1140. The molecule has 1 aromatic heterocycles. The molecule has 150 valence electrons. The third-order valence-electron chi connectivity index (χ3n) is 4.47. The highest BCUT2D eigenvalue weighted by molar-refractivity contribution is 6.32. The highest BCUT2D eigenvalue weighted by Crippen LogP contribution is 2.35. The normalized spacial score (nSPS) is 11.9. The lowest BCUT2D eigenvalue weighted by atomic mass is 9.89. The van der Waals surface area contributed by atoms with Crippen LogP contribution in [-0.4, -0.2) is 26.0 Å². The number of halogens is 2. The summed E-state index contributed by atoms with van der Waals surface area (Å²) in [5.74, 6) is -2.41. The van der Waals surface area contributed by atoms with E-state index in [0.717, 1.165) is 18.2 Å². The summed E-state index contributed by atoms with van der Waals surface area (Å²) in [7, 11) is 2.59. The van der Waals surface area contributed by atoms with Gasteiger partial charge in [-0.3, -0.25) is 9.59 Å². The Morgan fingerprint density at radius 2 is 1.83 bits per heavy atom. The van der Waals surface area contributed by atoms with Crippen molar-refractivity contribution in [2.24, 2.45) is 0 Å². The van der Waals surface area contributed by atoms with Gasteiger partial charge in [-0.25, -0.2) is 9.18 Å². The van der Waals surface area contributed by atoms with Gasteiger partial charge in [0.05, 0.1) is 25.2 Å². The second-order valence-electron chi connectivity index (χ2n) is 6.21. The van der Waals surface area contributed by atoms with Crippen molar-refractivity contribution in [2.45, 2.75) is 12.3 Å². The zero-order valence-corrected chi connectivity index (χ0v) is 16.3. The minimum Gasteiger partial charge on any atom is -0.495 e. The number of carbonyl (C=O) groups is 2. The number of carbonyl (C=O) groups excluding carboxylic acids is 2. The number of Topliss-reactive ketones (excluding diaryl/α,β-unsaturated/α-hetero) is 1. The number of rotatable bonds is 6. The molecule has 0 unspecified atom stereocenters. The second-order valence-corrected chi connectivity index (χ2v) is 6.62. The van der Waals surface area contributed by atoms with Crippen LogP contribution in [0.3, 0.4) is 0 Å². The van der Waals surface area contributed by atoms with Crippen molar-refractivity contribution in [3.8, 4) is 5.75 Å². The monoisotopic (exact) mass is 418 g/mol. The predicted octanol–water partition coefficient (Wildman–Crippen LogP) is 4.12. The molecule has 0 fully saturated rings. The van der Waals surface area contributed by atoms with Gasteiger partial charge in [0.2, 0.25) is 0 Å². The van der Waals surface area contributed by atoms with Crippen LogP contribution in [0.2, 0.25) is 5.02 Å². The van der Waals surface area contributed by atoms with Gasteiger partial charge >= 0.3 is 11.6 Å². The molecule has 0 bridgehead atoms. The van der Waals surface area contributed by atoms with E-state index in [1.54, 1.807) is 0 Å². The van der Waals surface area contributed by atoms with E-state index in [4.69, 9.17) is 25.5 Å². The van der Waals surface area contributed by atoms with Crippen molar-refractivity contribution in [1.29, 1.82) is 0 Å². The van der Waals surface area contributed by atoms with Gasteiger partial charge in [0, 0.05) is 29.5 Å². The van der Waals surface area contributed by atoms with Crippen molar-refractivity contribution in [3.63, 3.8) is 0 Å². The van der Waals surface area contributed by atoms with Crippen LogP contribution >= 0.6 is 11.6 Å². The Balaban J connectivity index is 2.11. The fourth-order valence-corrected chi connectivity index (χ4v) is 3.27. The average molecular weight is 419 g/mol. The fraction of sp³-hybridized carbons (Fsp3) is 0.190. The van der Waals surface area contributed by atoms with Crippen LogP contribution in [0.15, 0.2) is 51.7 Å². The second kappa shape index (κ2) is 8.45. The van der Waals surface area contributed by atoms with Gasteiger partial charge in [0.1, 0.15) is 17.1 Å². The van der Waals surface area contributed by atoms with E-state index < -0.39 is 29.1 Å². The number of hydrogen-bond donors (Lipinski definition) is 0. The smallest absolute Gasteiger partial charge is 0.336 e. The quantitative estimate of drug-likeness (QED) is 0.340. The van der Waals surface area contributed by atoms with E-state index >= 15 is 0 Å². The number of hydrogen-bond acceptors (Lipinski definition) is 6. The Morgan fingerprint density at radius 1 is 1.14 bits per heavy atom. The van der Waals surface area contributed by atoms with Crippen LogP contribution in [0.5, 0.6) is 5.75 Å². The summed E-state index contributed by atoms with van der Waals surface area (Å²) >= 11 is 6.19. The van der Waals surface area contributed by atoms with Gasteiger partial charge in [0.25, 0.3) is 0 Å². The molecule has 0 aliphatic rings. The zero-order valence-electron chi connectivity index (χ0n) is 15.5. The van der Waals surface area contributed by atoms with Gasteiger partial charge < -0.3 is 13.9 Å². The lowest BCUT2D eigenvalue weighted by Crippen LogP contribution is -2.20. The maximum atomic E-state index is 13.1. The molecule has 2 aromatic carbocycles. The Kier molecular flexibility index (Phi) is 5.98. The molecule has 1 heterocycles. The van der Waals surface area contributed by atoms with Crippen molar-refractivity contribution >= 4 is 34.3 Å². The molecule has 29 heavy (non-hydrogen) atoms. The van der Waals surface area contributed by atoms with Gasteiger partial charge in [-0.05, 0) is 35.9 Å². The highest BCUT2D eigenvalue weighted by atomic mass is 35.5. The molecular weight excluding hydrogens is 403 g/mol. The summed E-state index contributed by atoms with van der Waals surface area (Å²) in [4.78, 5) is 37.2. The molecule has 8 heteroatoms. The first-order valence-electron chi connectivity index (χ1n) is 8.52. The van der Waals surface area contributed by atoms with E-state index in [-0.39, 0.29) is 33.9 Å². The van der Waals surface area contributed by atoms with Crippen LogP contribution in [0.4, 0.5) is 4.39 Å². The maximum Gasteiger partial charge on any atom is 0.336 e. The summed E-state index contributed by atoms with van der Waals surface area (Å²) in [6, 6.07) is 9.00. The largest absolute Gasteiger partial charge is 0.495 e. The molecule has 0 spiro atoms. The summed E-state index contributed by atoms with van der Waals surface area (Å²) in [5, 5.41) is 0.612. The Hall–Kier alpha value is -3.19. The molecule has 0 N–H and O–H groups in total. The molecule has 3 aromatic rings. The molecule has 0 radical (unpaired) electrons. The maximum absolute atomic E-state index is 13.1. The van der Waals surface area contributed by atoms with Gasteiger partial charge in [-0.2, -0.15) is 0 Å². The Labute approximate surface area is 169 Å². The molecule has 0 saturated heterocycles. The molecule has 0 aliphatic heterocycles. The van der Waals surface area contributed by atoms with Crippen LogP contribution < -0.4 is 10.4 Å². The summed E-state index contributed by atoms with van der Waals surface area (Å²) < 4.78 is 28.3. The molecule has 1 atom stereocenters. The first-order valence-corrected chi connectivity index (χ1v) is 8.89. The zero-order chi connectivity index (χ0) is 21.1. The van der Waals surface area contributed by atoms with Gasteiger partial charge in [0.15, 0.2) is 5.78 Å². The van der Waals surface area contributed by atoms with Crippen molar-refractivity contribution < 1.29 is 27.9 Å². The summed E-state index contributed by atoms with van der Waals surface area (Å²) in [6.07, 6.45) is -0.291. The van der Waals surface area contributed by atoms with E-state index in [9.17, 15) is 18.8 Å². The van der Waals surface area contributed by atoms with Crippen LogP contribution in [-0.2, 0) is 9.53 Å². The number of fused-ring (bicyclic) bond motifs is 1. The van der Waals surface area contributed by atoms with E-state index in [1.807, 2.05) is 0 Å². The lowest BCUT2D eigenvalue weighted by molar-refractivity contribution is -0.142. The number of benzene rings is 2. The number of methoxy groups -OCH3 is 2. The average Bonchev–Trinajstić information content (AvgIpc) is 2.71. The van der Waals surface area contributed by atoms with Gasteiger partial charge in [-0.1, -0.05) is 11.6 Å². The Morgan fingerprint density at radius 3 is 2.45 bits per heavy atom. The van der Waals surface area contributed by atoms with Crippen LogP contribution in [0.25, 0.3) is 11.0 Å². The summed E-state index contributed by atoms with van der Waals surface area (Å²) in [6.45, 7) is 0. The first-order chi connectivity index (χ1) is 13.8. The van der Waals surface area contributed by atoms with Crippen molar-refractivity contribution in [2.75, 3.05) is 14.2 Å². The topological polar surface area (TPSA) is 82.8 Å². The van der Waals surface area contributed by atoms with Gasteiger partial charge in [-0.15, -0.1) is 0 Å². The molecular formula is C21H16ClFO6. The minimum atomic E-state index is -1.09. The molecule has 3 rings (SSSR count). The van der Waals surface area contributed by atoms with E-state index in [2.05, 4.69) is 0 Å². The predicted molar refractivity (Wildman–Crippen MR) is 104 cm³/mol. The highest BCUT2D eigenvalue weighted by Gasteiger charge is 2.28. The third-order valence-corrected chi connectivity index (χ3v) is 4.76. The summed E-state index contributed by atoms with van der Waals surface area (Å²) in [5.41, 5.74) is -0.0905. The lowest BCUT2D eigenvalue weighted by Gasteiger charge is -2.16. The molecule has 0 amide bonds. The van der Waals surface area contributed by atoms with E-state index in [1.165, 1.54) is 38.5 Å². The molecule has 6 nitrogen and oxygen atoms in total. The fourth-order valence-electron chi connectivity index (χ4n) is 3.03. The van der Waals surface area contributed by atoms with Crippen LogP contribution in [0.1, 0.15) is 28.3 Å². The van der Waals surface area contributed by atoms with E-state index in [0.29, 0.717) is 5.39 Å². The molecule has 0 saturated carbocycles. The van der Waals surface area contributed by atoms with Crippen LogP contribution in [0, 0.1) is 5.82 Å². The number of ketones is 1. The van der Waals surface area contributed by atoms with Crippen molar-refractivity contribution in [1.82, 2.24) is 0 Å². The SMILES string of the molecule is COC(=O)[C@H](CC(=O)c1ccc(F)cc1)c1cc(=O)oc2cc(OC)c(Cl)cc12. The number of esters is 1. The first kappa shape index (κ1) is 20.5. The van der Waals surface area contributed by atoms with Crippen molar-refractivity contribution in [3.05, 3.63) is 74.9 Å². The number of ether oxygens (including phenoxy) is 2. The third kappa shape index (κ3) is 4.30.